The lowest BCUT2D eigenvalue weighted by Crippen LogP contribution is -2.25. The molecule has 0 saturated carbocycles. The Morgan fingerprint density at radius 2 is 2.18 bits per heavy atom. The average molecular weight is 232 g/mol. The first-order valence-electron chi connectivity index (χ1n) is 5.77. The van der Waals surface area contributed by atoms with Gasteiger partial charge < -0.3 is 11.1 Å². The summed E-state index contributed by atoms with van der Waals surface area (Å²) >= 11 is 0. The predicted octanol–water partition coefficient (Wildman–Crippen LogP) is 2.29. The highest BCUT2D eigenvalue weighted by atomic mass is 16.1. The number of carbonyl (C=O) groups is 1. The summed E-state index contributed by atoms with van der Waals surface area (Å²) in [5.74, 6) is -0.0596. The van der Waals surface area contributed by atoms with Crippen LogP contribution in [0.4, 0.5) is 0 Å². The number of amides is 1. The van der Waals surface area contributed by atoms with Gasteiger partial charge in [0.15, 0.2) is 0 Å². The maximum Gasteiger partial charge on any atom is 0.244 e. The molecule has 1 unspecified atom stereocenters. The normalized spacial score (nSPS) is 11.8. The molecule has 3 nitrogen and oxygen atoms in total. The van der Waals surface area contributed by atoms with Gasteiger partial charge in [-0.05, 0) is 31.9 Å². The molecule has 1 atom stereocenters. The van der Waals surface area contributed by atoms with Crippen molar-refractivity contribution in [2.24, 2.45) is 5.73 Å². The van der Waals surface area contributed by atoms with Crippen LogP contribution in [0.25, 0.3) is 0 Å². The van der Waals surface area contributed by atoms with E-state index in [2.05, 4.69) is 5.32 Å². The van der Waals surface area contributed by atoms with E-state index in [0.29, 0.717) is 6.54 Å². The molecule has 3 heteroatoms. The molecule has 1 amide bonds. The van der Waals surface area contributed by atoms with Crippen molar-refractivity contribution in [2.75, 3.05) is 0 Å². The van der Waals surface area contributed by atoms with Crippen LogP contribution < -0.4 is 11.1 Å². The summed E-state index contributed by atoms with van der Waals surface area (Å²) in [5, 5.41) is 2.92. The molecule has 0 aliphatic rings. The highest BCUT2D eigenvalue weighted by molar-refractivity contribution is 5.88. The first kappa shape index (κ1) is 13.5. The van der Waals surface area contributed by atoms with Gasteiger partial charge in [0.1, 0.15) is 0 Å². The van der Waals surface area contributed by atoms with Crippen molar-refractivity contribution in [3.63, 3.8) is 0 Å². The van der Waals surface area contributed by atoms with E-state index in [4.69, 9.17) is 5.73 Å². The second-order valence-electron chi connectivity index (χ2n) is 4.40. The highest BCUT2D eigenvalue weighted by Crippen LogP contribution is 2.14. The number of hydrogen-bond acceptors (Lipinski definition) is 2. The maximum atomic E-state index is 11.6. The van der Waals surface area contributed by atoms with E-state index in [0.717, 1.165) is 16.7 Å². The van der Waals surface area contributed by atoms with E-state index in [9.17, 15) is 4.79 Å². The van der Waals surface area contributed by atoms with Crippen molar-refractivity contribution in [3.05, 3.63) is 47.0 Å². The van der Waals surface area contributed by atoms with Crippen LogP contribution >= 0.6 is 0 Å². The minimum atomic E-state index is -0.0596. The summed E-state index contributed by atoms with van der Waals surface area (Å²) in [7, 11) is 0. The molecular weight excluding hydrogens is 212 g/mol. The summed E-state index contributed by atoms with van der Waals surface area (Å²) in [4.78, 5) is 11.6. The number of carbonyl (C=O) groups excluding carboxylic acids is 1. The quantitative estimate of drug-likeness (QED) is 0.782. The number of hydrogen-bond donors (Lipinski definition) is 2. The molecule has 1 aromatic carbocycles. The first-order chi connectivity index (χ1) is 8.02. The van der Waals surface area contributed by atoms with Gasteiger partial charge in [-0.3, -0.25) is 4.79 Å². The van der Waals surface area contributed by atoms with Gasteiger partial charge in [0.25, 0.3) is 0 Å². The predicted molar refractivity (Wildman–Crippen MR) is 70.3 cm³/mol. The second-order valence-corrected chi connectivity index (χ2v) is 4.40. The maximum absolute atomic E-state index is 11.6. The first-order valence-corrected chi connectivity index (χ1v) is 5.77. The van der Waals surface area contributed by atoms with Crippen molar-refractivity contribution >= 4 is 5.91 Å². The summed E-state index contributed by atoms with van der Waals surface area (Å²) in [6, 6.07) is 7.94. The van der Waals surface area contributed by atoms with Gasteiger partial charge in [-0.25, -0.2) is 0 Å². The van der Waals surface area contributed by atoms with Crippen molar-refractivity contribution in [1.82, 2.24) is 5.32 Å². The number of allylic oxidation sites excluding steroid dienone is 1. The fraction of sp³-hybridized carbons (Fsp3) is 0.357. The molecule has 0 heterocycles. The van der Waals surface area contributed by atoms with Gasteiger partial charge in [-0.15, -0.1) is 0 Å². The van der Waals surface area contributed by atoms with Crippen molar-refractivity contribution in [3.8, 4) is 0 Å². The third-order valence-electron chi connectivity index (χ3n) is 2.47. The Kier molecular flexibility index (Phi) is 4.91. The summed E-state index contributed by atoms with van der Waals surface area (Å²) in [6.45, 7) is 6.29. The number of nitrogens with one attached hydrogen (secondary N) is 1. The fourth-order valence-electron chi connectivity index (χ4n) is 1.59. The van der Waals surface area contributed by atoms with Crippen LogP contribution in [0.15, 0.2) is 35.9 Å². The minimum absolute atomic E-state index is 0.00963. The van der Waals surface area contributed by atoms with Crippen LogP contribution in [-0.2, 0) is 11.3 Å². The largest absolute Gasteiger partial charge is 0.346 e. The van der Waals surface area contributed by atoms with E-state index in [1.807, 2.05) is 45.0 Å². The lowest BCUT2D eigenvalue weighted by molar-refractivity contribution is -0.117. The molecule has 92 valence electrons. The molecule has 1 aromatic rings. The molecule has 0 bridgehead atoms. The number of rotatable bonds is 4. The highest BCUT2D eigenvalue weighted by Gasteiger charge is 2.07. The molecule has 17 heavy (non-hydrogen) atoms. The standard InChI is InChI=1S/C14H20N2O/c1-10(2)7-14(17)16-11(3)13-6-4-5-12(8-13)9-15/h4-8,11H,9,15H2,1-3H3,(H,16,17). The SMILES string of the molecule is CC(C)=CC(=O)NC(C)c1cccc(CN)c1. The van der Waals surface area contributed by atoms with Crippen LogP contribution in [0.5, 0.6) is 0 Å². The molecule has 0 saturated heterocycles. The van der Waals surface area contributed by atoms with Crippen molar-refractivity contribution < 1.29 is 4.79 Å². The third kappa shape index (κ3) is 4.41. The Morgan fingerprint density at radius 3 is 2.76 bits per heavy atom. The molecule has 0 fully saturated rings. The zero-order valence-electron chi connectivity index (χ0n) is 10.7. The summed E-state index contributed by atoms with van der Waals surface area (Å²) in [5.41, 5.74) is 8.73. The smallest absolute Gasteiger partial charge is 0.244 e. The van der Waals surface area contributed by atoms with E-state index in [-0.39, 0.29) is 11.9 Å². The van der Waals surface area contributed by atoms with Gasteiger partial charge in [0.05, 0.1) is 6.04 Å². The Morgan fingerprint density at radius 1 is 1.47 bits per heavy atom. The number of benzene rings is 1. The van der Waals surface area contributed by atoms with Crippen LogP contribution in [-0.4, -0.2) is 5.91 Å². The van der Waals surface area contributed by atoms with Gasteiger partial charge in [-0.2, -0.15) is 0 Å². The van der Waals surface area contributed by atoms with Crippen LogP contribution in [0.3, 0.4) is 0 Å². The Hall–Kier alpha value is -1.61. The zero-order valence-corrected chi connectivity index (χ0v) is 10.7. The zero-order chi connectivity index (χ0) is 12.8. The van der Waals surface area contributed by atoms with Gasteiger partial charge in [0, 0.05) is 12.6 Å². The van der Waals surface area contributed by atoms with Crippen molar-refractivity contribution in [2.45, 2.75) is 33.4 Å². The molecule has 0 spiro atoms. The van der Waals surface area contributed by atoms with Crippen molar-refractivity contribution in [1.29, 1.82) is 0 Å². The molecule has 0 aliphatic heterocycles. The average Bonchev–Trinajstić information content (AvgIpc) is 2.27. The fourth-order valence-corrected chi connectivity index (χ4v) is 1.59. The van der Waals surface area contributed by atoms with E-state index < -0.39 is 0 Å². The van der Waals surface area contributed by atoms with Gasteiger partial charge in [-0.1, -0.05) is 29.8 Å². The van der Waals surface area contributed by atoms with E-state index in [1.165, 1.54) is 0 Å². The van der Waals surface area contributed by atoms with E-state index in [1.54, 1.807) is 6.08 Å². The lowest BCUT2D eigenvalue weighted by Gasteiger charge is -2.14. The van der Waals surface area contributed by atoms with Gasteiger partial charge >= 0.3 is 0 Å². The molecule has 0 aromatic heterocycles. The molecular formula is C14H20N2O. The van der Waals surface area contributed by atoms with Crippen LogP contribution in [0.1, 0.15) is 37.9 Å². The monoisotopic (exact) mass is 232 g/mol. The van der Waals surface area contributed by atoms with Crippen LogP contribution in [0, 0.1) is 0 Å². The Bertz CT molecular complexity index is 420. The second kappa shape index (κ2) is 6.21. The summed E-state index contributed by atoms with van der Waals surface area (Å²) < 4.78 is 0. The lowest BCUT2D eigenvalue weighted by atomic mass is 10.1. The Balaban J connectivity index is 2.72. The summed E-state index contributed by atoms with van der Waals surface area (Å²) in [6.07, 6.45) is 1.60. The number of nitrogens with two attached hydrogens (primary N) is 1. The third-order valence-corrected chi connectivity index (χ3v) is 2.47. The minimum Gasteiger partial charge on any atom is -0.346 e. The molecule has 3 N–H and O–H groups in total. The Labute approximate surface area is 103 Å². The molecule has 0 aliphatic carbocycles. The van der Waals surface area contributed by atoms with E-state index >= 15 is 0 Å². The molecule has 1 rings (SSSR count). The topological polar surface area (TPSA) is 55.1 Å². The van der Waals surface area contributed by atoms with Gasteiger partial charge in [0.2, 0.25) is 5.91 Å². The molecule has 0 radical (unpaired) electrons. The van der Waals surface area contributed by atoms with Crippen LogP contribution in [0.2, 0.25) is 0 Å².